The number of carbonyl (C=O) groups excluding carboxylic acids is 1. The van der Waals surface area contributed by atoms with Crippen molar-refractivity contribution in [1.82, 2.24) is 10.2 Å². The van der Waals surface area contributed by atoms with Crippen LogP contribution in [0.4, 0.5) is 0 Å². The zero-order valence-corrected chi connectivity index (χ0v) is 7.22. The molecule has 0 spiro atoms. The molecule has 0 radical (unpaired) electrons. The fraction of sp³-hybridized carbons (Fsp3) is 0. The molecular weight excluding hydrogens is 204 g/mol. The number of hydrogen-bond donors (Lipinski definition) is 2. The Labute approximate surface area is 71.4 Å². The van der Waals surface area contributed by atoms with Crippen LogP contribution in [0, 0.1) is 0 Å². The van der Waals surface area contributed by atoms with Crippen LogP contribution in [0.3, 0.4) is 0 Å². The Morgan fingerprint density at radius 2 is 2.00 bits per heavy atom. The molecule has 0 unspecified atom stereocenters. The highest BCUT2D eigenvalue weighted by atomic mass is 32.2. The van der Waals surface area contributed by atoms with Crippen molar-refractivity contribution < 1.29 is 13.2 Å². The maximum atomic E-state index is 10.6. The average molecular weight is 208 g/mol. The molecule has 0 fully saturated rings. The standard InChI is InChI=1S/C3H4N4O3S2/c4-1(8)2-6-7-3(11-2)12(5,9)10/h(H2,4,8)(H2,5,9,10). The molecule has 1 heterocycles. The van der Waals surface area contributed by atoms with E-state index >= 15 is 0 Å². The second kappa shape index (κ2) is 2.77. The monoisotopic (exact) mass is 208 g/mol. The summed E-state index contributed by atoms with van der Waals surface area (Å²) in [6.45, 7) is 0. The molecule has 1 amide bonds. The topological polar surface area (TPSA) is 129 Å². The molecule has 66 valence electrons. The zero-order valence-electron chi connectivity index (χ0n) is 5.59. The number of primary amides is 1. The third kappa shape index (κ3) is 1.75. The van der Waals surface area contributed by atoms with Crippen LogP contribution in [0.1, 0.15) is 9.80 Å². The summed E-state index contributed by atoms with van der Waals surface area (Å²) in [5, 5.41) is 10.9. The first-order valence-corrected chi connectivity index (χ1v) is 4.93. The summed E-state index contributed by atoms with van der Waals surface area (Å²) in [4.78, 5) is 10.4. The van der Waals surface area contributed by atoms with Gasteiger partial charge in [0.05, 0.1) is 0 Å². The molecule has 7 nitrogen and oxygen atoms in total. The first-order chi connectivity index (χ1) is 5.41. The van der Waals surface area contributed by atoms with Crippen LogP contribution in [-0.4, -0.2) is 24.5 Å². The van der Waals surface area contributed by atoms with Crippen molar-refractivity contribution in [3.05, 3.63) is 5.01 Å². The zero-order chi connectivity index (χ0) is 9.35. The number of rotatable bonds is 2. The van der Waals surface area contributed by atoms with Gasteiger partial charge in [-0.3, -0.25) is 4.79 Å². The van der Waals surface area contributed by atoms with E-state index < -0.39 is 20.3 Å². The van der Waals surface area contributed by atoms with Gasteiger partial charge in [0.2, 0.25) is 9.35 Å². The molecule has 1 aromatic rings. The number of primary sulfonamides is 1. The summed E-state index contributed by atoms with van der Waals surface area (Å²) < 4.78 is 20.8. The van der Waals surface area contributed by atoms with Gasteiger partial charge in [0.25, 0.3) is 15.9 Å². The maximum absolute atomic E-state index is 10.6. The second-order valence-corrected chi connectivity index (χ2v) is 4.50. The van der Waals surface area contributed by atoms with Crippen LogP contribution in [0.25, 0.3) is 0 Å². The lowest BCUT2D eigenvalue weighted by molar-refractivity contribution is 0.0999. The number of hydrogen-bond acceptors (Lipinski definition) is 6. The summed E-state index contributed by atoms with van der Waals surface area (Å²) in [6.07, 6.45) is 0. The first kappa shape index (κ1) is 9.03. The molecule has 0 saturated carbocycles. The van der Waals surface area contributed by atoms with Crippen molar-refractivity contribution in [2.24, 2.45) is 10.9 Å². The molecule has 1 aromatic heterocycles. The van der Waals surface area contributed by atoms with Gasteiger partial charge in [-0.2, -0.15) is 0 Å². The number of aromatic nitrogens is 2. The molecular formula is C3H4N4O3S2. The quantitative estimate of drug-likeness (QED) is 0.597. The number of nitrogens with zero attached hydrogens (tertiary/aromatic N) is 2. The molecule has 0 aliphatic rings. The minimum absolute atomic E-state index is 0.181. The lowest BCUT2D eigenvalue weighted by Crippen LogP contribution is -2.11. The third-order valence-electron chi connectivity index (χ3n) is 0.861. The molecule has 0 bridgehead atoms. The molecule has 0 saturated heterocycles. The van der Waals surface area contributed by atoms with Crippen LogP contribution < -0.4 is 10.9 Å². The van der Waals surface area contributed by atoms with E-state index in [0.29, 0.717) is 11.3 Å². The van der Waals surface area contributed by atoms with Gasteiger partial charge in [-0.1, -0.05) is 11.3 Å². The van der Waals surface area contributed by atoms with Gasteiger partial charge >= 0.3 is 0 Å². The minimum atomic E-state index is -3.88. The Balaban J connectivity index is 3.17. The van der Waals surface area contributed by atoms with Crippen LogP contribution in [-0.2, 0) is 10.0 Å². The SMILES string of the molecule is NC(=O)c1nnc(S(N)(=O)=O)s1. The van der Waals surface area contributed by atoms with E-state index in [-0.39, 0.29) is 5.01 Å². The predicted molar refractivity (Wildman–Crippen MR) is 39.8 cm³/mol. The van der Waals surface area contributed by atoms with Gasteiger partial charge < -0.3 is 5.73 Å². The summed E-state index contributed by atoms with van der Waals surface area (Å²) in [7, 11) is -3.88. The molecule has 0 atom stereocenters. The Morgan fingerprint density at radius 3 is 2.25 bits per heavy atom. The highest BCUT2D eigenvalue weighted by Crippen LogP contribution is 2.12. The summed E-state index contributed by atoms with van der Waals surface area (Å²) >= 11 is 0.538. The van der Waals surface area contributed by atoms with E-state index in [1.165, 1.54) is 0 Å². The van der Waals surface area contributed by atoms with E-state index in [0.717, 1.165) is 0 Å². The van der Waals surface area contributed by atoms with E-state index in [1.807, 2.05) is 0 Å². The summed E-state index contributed by atoms with van der Waals surface area (Å²) in [6, 6.07) is 0. The minimum Gasteiger partial charge on any atom is -0.363 e. The van der Waals surface area contributed by atoms with E-state index in [1.54, 1.807) is 0 Å². The predicted octanol–water partition coefficient (Wildman–Crippen LogP) is -1.72. The Morgan fingerprint density at radius 1 is 1.42 bits per heavy atom. The second-order valence-electron chi connectivity index (χ2n) is 1.78. The number of nitrogens with two attached hydrogens (primary N) is 2. The van der Waals surface area contributed by atoms with Gasteiger partial charge in [-0.05, 0) is 0 Å². The number of sulfonamides is 1. The summed E-state index contributed by atoms with van der Waals surface area (Å²) in [5.41, 5.74) is 4.80. The van der Waals surface area contributed by atoms with Crippen LogP contribution in [0.2, 0.25) is 0 Å². The Kier molecular flexibility index (Phi) is 2.08. The first-order valence-electron chi connectivity index (χ1n) is 2.57. The number of amides is 1. The molecule has 9 heteroatoms. The molecule has 4 N–H and O–H groups in total. The fourth-order valence-corrected chi connectivity index (χ4v) is 1.71. The Bertz CT molecular complexity index is 407. The van der Waals surface area contributed by atoms with Gasteiger partial charge in [-0.15, -0.1) is 10.2 Å². The molecule has 0 aromatic carbocycles. The number of carbonyl (C=O) groups is 1. The average Bonchev–Trinajstić information content (AvgIpc) is 2.30. The smallest absolute Gasteiger partial charge is 0.279 e. The molecule has 1 rings (SSSR count). The van der Waals surface area contributed by atoms with E-state index in [4.69, 9.17) is 10.9 Å². The summed E-state index contributed by atoms with van der Waals surface area (Å²) in [5.74, 6) is -0.831. The Hall–Kier alpha value is -1.06. The molecule has 0 aliphatic carbocycles. The van der Waals surface area contributed by atoms with Crippen molar-refractivity contribution in [3.63, 3.8) is 0 Å². The molecule has 0 aliphatic heterocycles. The van der Waals surface area contributed by atoms with E-state index in [2.05, 4.69) is 10.2 Å². The lowest BCUT2D eigenvalue weighted by Gasteiger charge is -1.84. The molecule has 12 heavy (non-hydrogen) atoms. The largest absolute Gasteiger partial charge is 0.363 e. The highest BCUT2D eigenvalue weighted by Gasteiger charge is 2.17. The van der Waals surface area contributed by atoms with Gasteiger partial charge in [-0.25, -0.2) is 13.6 Å². The van der Waals surface area contributed by atoms with Gasteiger partial charge in [0.1, 0.15) is 0 Å². The van der Waals surface area contributed by atoms with Gasteiger partial charge in [0, 0.05) is 0 Å². The third-order valence-corrected chi connectivity index (χ3v) is 3.11. The van der Waals surface area contributed by atoms with Crippen molar-refractivity contribution in [2.75, 3.05) is 0 Å². The normalized spacial score (nSPS) is 11.4. The van der Waals surface area contributed by atoms with Crippen molar-refractivity contribution in [2.45, 2.75) is 4.34 Å². The maximum Gasteiger partial charge on any atom is 0.279 e. The lowest BCUT2D eigenvalue weighted by atomic mass is 10.7. The fourth-order valence-electron chi connectivity index (χ4n) is 0.424. The van der Waals surface area contributed by atoms with Crippen LogP contribution in [0.5, 0.6) is 0 Å². The van der Waals surface area contributed by atoms with Crippen molar-refractivity contribution >= 4 is 27.3 Å². The van der Waals surface area contributed by atoms with Crippen molar-refractivity contribution in [1.29, 1.82) is 0 Å². The van der Waals surface area contributed by atoms with Gasteiger partial charge in [0.15, 0.2) is 0 Å². The van der Waals surface area contributed by atoms with E-state index in [9.17, 15) is 13.2 Å². The van der Waals surface area contributed by atoms with Crippen molar-refractivity contribution in [3.8, 4) is 0 Å². The van der Waals surface area contributed by atoms with Crippen LogP contribution >= 0.6 is 11.3 Å². The highest BCUT2D eigenvalue weighted by molar-refractivity contribution is 7.91. The van der Waals surface area contributed by atoms with Crippen LogP contribution in [0.15, 0.2) is 4.34 Å².